The maximum Gasteiger partial charge on any atom is 0.223 e. The highest BCUT2D eigenvalue weighted by atomic mass is 35.5. The van der Waals surface area contributed by atoms with Gasteiger partial charge in [0.15, 0.2) is 0 Å². The van der Waals surface area contributed by atoms with Gasteiger partial charge in [0.25, 0.3) is 0 Å². The Kier molecular flexibility index (Phi) is 7.83. The molecule has 2 aromatic heterocycles. The molecule has 0 atom stereocenters. The molecule has 0 radical (unpaired) electrons. The van der Waals surface area contributed by atoms with Crippen molar-refractivity contribution in [2.24, 2.45) is 0 Å². The van der Waals surface area contributed by atoms with E-state index >= 15 is 0 Å². The summed E-state index contributed by atoms with van der Waals surface area (Å²) < 4.78 is 18.1. The van der Waals surface area contributed by atoms with E-state index in [-0.39, 0.29) is 0 Å². The average molecular weight is 521 g/mol. The lowest BCUT2D eigenvalue weighted by molar-refractivity contribution is 0.461. The summed E-state index contributed by atoms with van der Waals surface area (Å²) in [5, 5.41) is 7.23. The Balaban J connectivity index is 1.31. The fraction of sp³-hybridized carbons (Fsp3) is 0.222. The van der Waals surface area contributed by atoms with E-state index in [4.69, 9.17) is 16.6 Å². The van der Waals surface area contributed by atoms with Crippen LogP contribution in [0, 0.1) is 5.82 Å². The molecule has 1 fully saturated rings. The molecular formula is C27H26ClFN6S. The molecule has 0 saturated heterocycles. The smallest absolute Gasteiger partial charge is 0.223 e. The van der Waals surface area contributed by atoms with Crippen molar-refractivity contribution in [3.05, 3.63) is 83.9 Å². The second kappa shape index (κ2) is 11.6. The number of hydrogen-bond donors (Lipinski definition) is 3. The predicted molar refractivity (Wildman–Crippen MR) is 146 cm³/mol. The zero-order chi connectivity index (χ0) is 24.7. The van der Waals surface area contributed by atoms with E-state index in [1.165, 1.54) is 37.3 Å². The number of nitrogens with zero attached hydrogens (tertiary/aromatic N) is 3. The van der Waals surface area contributed by atoms with Gasteiger partial charge in [-0.3, -0.25) is 0 Å². The van der Waals surface area contributed by atoms with Crippen LogP contribution in [-0.4, -0.2) is 21.0 Å². The van der Waals surface area contributed by atoms with Gasteiger partial charge in [-0.1, -0.05) is 43.0 Å². The maximum atomic E-state index is 15.0. The number of rotatable bonds is 8. The molecule has 0 spiro atoms. The van der Waals surface area contributed by atoms with E-state index in [1.807, 2.05) is 42.5 Å². The van der Waals surface area contributed by atoms with Gasteiger partial charge in [-0.25, -0.2) is 19.3 Å². The Morgan fingerprint density at radius 2 is 1.78 bits per heavy atom. The topological polar surface area (TPSA) is 74.8 Å². The van der Waals surface area contributed by atoms with Crippen LogP contribution >= 0.6 is 23.5 Å². The predicted octanol–water partition coefficient (Wildman–Crippen LogP) is 7.94. The normalized spacial score (nSPS) is 13.8. The molecule has 1 saturated carbocycles. The highest BCUT2D eigenvalue weighted by molar-refractivity contribution is 8.00. The summed E-state index contributed by atoms with van der Waals surface area (Å²) in [4.78, 5) is 14.4. The monoisotopic (exact) mass is 520 g/mol. The van der Waals surface area contributed by atoms with Gasteiger partial charge in [0.1, 0.15) is 11.6 Å². The molecule has 9 heteroatoms. The third-order valence-electron chi connectivity index (χ3n) is 6.02. The molecule has 1 aliphatic carbocycles. The first-order valence-corrected chi connectivity index (χ1v) is 13.1. The van der Waals surface area contributed by atoms with Gasteiger partial charge < -0.3 is 15.4 Å². The standard InChI is InChI=1S/C27H26ClFN6S/c28-21-10-4-5-11-25(21)36-35-19-12-13-24(22(29)17-19)33-26-20(9-6-15-30-26)23-14-16-31-27(34-23)32-18-7-2-1-3-8-18/h4-6,9-18,35H,1-3,7-8H2,(H,30,33)(H,31,32,34). The van der Waals surface area contributed by atoms with Gasteiger partial charge in [-0.05, 0) is 73.3 Å². The van der Waals surface area contributed by atoms with Crippen LogP contribution in [0.4, 0.5) is 27.5 Å². The fourth-order valence-electron chi connectivity index (χ4n) is 4.17. The lowest BCUT2D eigenvalue weighted by atomic mass is 9.96. The van der Waals surface area contributed by atoms with Crippen LogP contribution in [-0.2, 0) is 0 Å². The van der Waals surface area contributed by atoms with Crippen LogP contribution in [0.5, 0.6) is 0 Å². The van der Waals surface area contributed by atoms with Crippen molar-refractivity contribution in [3.8, 4) is 11.3 Å². The number of anilines is 4. The average Bonchev–Trinajstić information content (AvgIpc) is 2.91. The molecule has 1 aliphatic rings. The van der Waals surface area contributed by atoms with E-state index in [9.17, 15) is 4.39 Å². The Morgan fingerprint density at radius 3 is 2.61 bits per heavy atom. The van der Waals surface area contributed by atoms with Gasteiger partial charge >= 0.3 is 0 Å². The molecular weight excluding hydrogens is 495 g/mol. The van der Waals surface area contributed by atoms with Crippen molar-refractivity contribution in [1.82, 2.24) is 15.0 Å². The molecule has 0 amide bonds. The zero-order valence-corrected chi connectivity index (χ0v) is 21.1. The van der Waals surface area contributed by atoms with Crippen LogP contribution in [0.25, 0.3) is 11.3 Å². The minimum Gasteiger partial charge on any atom is -0.351 e. The number of pyridine rings is 1. The van der Waals surface area contributed by atoms with Crippen molar-refractivity contribution in [2.75, 3.05) is 15.4 Å². The van der Waals surface area contributed by atoms with Gasteiger partial charge in [-0.15, -0.1) is 0 Å². The van der Waals surface area contributed by atoms with Gasteiger partial charge in [-0.2, -0.15) is 0 Å². The molecule has 4 aromatic rings. The third kappa shape index (κ3) is 6.06. The molecule has 36 heavy (non-hydrogen) atoms. The van der Waals surface area contributed by atoms with E-state index in [1.54, 1.807) is 24.5 Å². The number of aromatic nitrogens is 3. The minimum absolute atomic E-state index is 0.317. The molecule has 6 nitrogen and oxygen atoms in total. The Hall–Kier alpha value is -3.36. The maximum absolute atomic E-state index is 15.0. The summed E-state index contributed by atoms with van der Waals surface area (Å²) in [5.74, 6) is 0.718. The SMILES string of the molecule is Fc1cc(NSc2ccccc2Cl)ccc1Nc1ncccc1-c1ccnc(NC2CCCCC2)n1. The molecule has 0 bridgehead atoms. The van der Waals surface area contributed by atoms with Gasteiger partial charge in [0.05, 0.1) is 16.4 Å². The number of nitrogens with one attached hydrogen (secondary N) is 3. The molecule has 184 valence electrons. The number of halogens is 2. The van der Waals surface area contributed by atoms with Crippen LogP contribution in [0.2, 0.25) is 5.02 Å². The van der Waals surface area contributed by atoms with Gasteiger partial charge in [0.2, 0.25) is 5.95 Å². The molecule has 0 aliphatic heterocycles. The Labute approximate surface area is 219 Å². The quantitative estimate of drug-likeness (QED) is 0.203. The Bertz CT molecular complexity index is 1330. The molecule has 2 heterocycles. The molecule has 0 unspecified atom stereocenters. The molecule has 5 rings (SSSR count). The fourth-order valence-corrected chi connectivity index (χ4v) is 5.09. The Morgan fingerprint density at radius 1 is 0.917 bits per heavy atom. The van der Waals surface area contributed by atoms with E-state index < -0.39 is 5.82 Å². The first-order chi connectivity index (χ1) is 17.7. The summed E-state index contributed by atoms with van der Waals surface area (Å²) in [6, 6.07) is 18.4. The van der Waals surface area contributed by atoms with E-state index in [0.717, 1.165) is 23.3 Å². The van der Waals surface area contributed by atoms with Crippen LogP contribution < -0.4 is 15.4 Å². The number of hydrogen-bond acceptors (Lipinski definition) is 7. The lowest BCUT2D eigenvalue weighted by Gasteiger charge is -2.22. The second-order valence-corrected chi connectivity index (χ2v) is 9.85. The van der Waals surface area contributed by atoms with Crippen LogP contribution in [0.1, 0.15) is 32.1 Å². The van der Waals surface area contributed by atoms with E-state index in [2.05, 4.69) is 25.3 Å². The summed E-state index contributed by atoms with van der Waals surface area (Å²) in [7, 11) is 0. The summed E-state index contributed by atoms with van der Waals surface area (Å²) in [6.45, 7) is 0. The van der Waals surface area contributed by atoms with Crippen LogP contribution in [0.15, 0.2) is 78.0 Å². The van der Waals surface area contributed by atoms with Gasteiger partial charge in [0, 0.05) is 34.6 Å². The van der Waals surface area contributed by atoms with Crippen molar-refractivity contribution in [3.63, 3.8) is 0 Å². The van der Waals surface area contributed by atoms with E-state index in [0.29, 0.717) is 39.9 Å². The first kappa shape index (κ1) is 24.3. The van der Waals surface area contributed by atoms with Crippen molar-refractivity contribution >= 4 is 46.7 Å². The first-order valence-electron chi connectivity index (χ1n) is 11.9. The van der Waals surface area contributed by atoms with Crippen molar-refractivity contribution < 1.29 is 4.39 Å². The highest BCUT2D eigenvalue weighted by Gasteiger charge is 2.16. The highest BCUT2D eigenvalue weighted by Crippen LogP contribution is 2.32. The van der Waals surface area contributed by atoms with Crippen molar-refractivity contribution in [2.45, 2.75) is 43.0 Å². The zero-order valence-electron chi connectivity index (χ0n) is 19.5. The van der Waals surface area contributed by atoms with Crippen LogP contribution in [0.3, 0.4) is 0 Å². The minimum atomic E-state index is -0.404. The summed E-state index contributed by atoms with van der Waals surface area (Å²) in [5.41, 5.74) is 2.42. The van der Waals surface area contributed by atoms with Crippen molar-refractivity contribution in [1.29, 1.82) is 0 Å². The largest absolute Gasteiger partial charge is 0.351 e. The third-order valence-corrected chi connectivity index (χ3v) is 7.37. The summed E-state index contributed by atoms with van der Waals surface area (Å²) in [6.07, 6.45) is 9.42. The number of benzene rings is 2. The second-order valence-electron chi connectivity index (χ2n) is 8.60. The molecule has 2 aromatic carbocycles. The molecule has 3 N–H and O–H groups in total. The lowest BCUT2D eigenvalue weighted by Crippen LogP contribution is -2.23. The summed E-state index contributed by atoms with van der Waals surface area (Å²) >= 11 is 7.53.